The largest absolute Gasteiger partial charge is 0.444 e. The summed E-state index contributed by atoms with van der Waals surface area (Å²) in [5.41, 5.74) is 0.224. The van der Waals surface area contributed by atoms with E-state index in [1.165, 1.54) is 0 Å². The van der Waals surface area contributed by atoms with Gasteiger partial charge in [0.2, 0.25) is 0 Å². The molecule has 8 nitrogen and oxygen atoms in total. The molecule has 0 unspecified atom stereocenters. The number of carbonyl (C=O) groups excluding carboxylic acids is 2. The minimum absolute atomic E-state index is 0.245. The van der Waals surface area contributed by atoms with Crippen LogP contribution < -0.4 is 10.6 Å². The zero-order chi connectivity index (χ0) is 22.2. The molecule has 1 aromatic carbocycles. The average molecular weight is 405 g/mol. The summed E-state index contributed by atoms with van der Waals surface area (Å²) >= 11 is 0. The van der Waals surface area contributed by atoms with Crippen LogP contribution in [0.25, 0.3) is 0 Å². The second kappa shape index (κ2) is 10.1. The lowest BCUT2D eigenvalue weighted by molar-refractivity contribution is 0.0442. The van der Waals surface area contributed by atoms with Gasteiger partial charge < -0.3 is 19.5 Å². The van der Waals surface area contributed by atoms with Gasteiger partial charge in [0.05, 0.1) is 30.5 Å². The summed E-state index contributed by atoms with van der Waals surface area (Å²) in [6.07, 6.45) is -1.14. The van der Waals surface area contributed by atoms with E-state index in [1.54, 1.807) is 66.7 Å². The van der Waals surface area contributed by atoms with E-state index in [2.05, 4.69) is 10.6 Å². The predicted octanol–water partition coefficient (Wildman–Crippen LogP) is 4.34. The minimum Gasteiger partial charge on any atom is -0.444 e. The number of nitriles is 1. The maximum atomic E-state index is 12.0. The van der Waals surface area contributed by atoms with Crippen LogP contribution in [0.1, 0.15) is 59.6 Å². The summed E-state index contributed by atoms with van der Waals surface area (Å²) in [6, 6.07) is 6.79. The van der Waals surface area contributed by atoms with Gasteiger partial charge in [-0.1, -0.05) is 6.07 Å². The summed E-state index contributed by atoms with van der Waals surface area (Å²) in [7, 11) is 0. The first-order valence-electron chi connectivity index (χ1n) is 9.39. The quantitative estimate of drug-likeness (QED) is 0.729. The summed E-state index contributed by atoms with van der Waals surface area (Å²) in [5, 5.41) is 14.5. The number of amides is 2. The third kappa shape index (κ3) is 10.4. The van der Waals surface area contributed by atoms with E-state index in [-0.39, 0.29) is 19.3 Å². The molecule has 2 N–H and O–H groups in total. The van der Waals surface area contributed by atoms with E-state index in [0.29, 0.717) is 11.3 Å². The van der Waals surface area contributed by atoms with Crippen LogP contribution in [0.5, 0.6) is 0 Å². The van der Waals surface area contributed by atoms with Gasteiger partial charge in [-0.05, 0) is 66.2 Å². The fraction of sp³-hybridized carbons (Fsp3) is 0.571. The van der Waals surface area contributed by atoms with Crippen molar-refractivity contribution in [3.05, 3.63) is 29.3 Å². The second-order valence-electron chi connectivity index (χ2n) is 8.68. The molecule has 160 valence electrons. The molecule has 29 heavy (non-hydrogen) atoms. The first-order chi connectivity index (χ1) is 13.3. The number of hydrogen-bond donors (Lipinski definition) is 2. The van der Waals surface area contributed by atoms with E-state index in [1.807, 2.05) is 6.07 Å². The van der Waals surface area contributed by atoms with Crippen LogP contribution >= 0.6 is 0 Å². The van der Waals surface area contributed by atoms with Crippen molar-refractivity contribution in [1.82, 2.24) is 5.32 Å². The summed E-state index contributed by atoms with van der Waals surface area (Å²) in [4.78, 5) is 23.7. The topological polar surface area (TPSA) is 110 Å². The molecule has 1 atom stereocenters. The predicted molar refractivity (Wildman–Crippen MR) is 110 cm³/mol. The van der Waals surface area contributed by atoms with E-state index in [4.69, 9.17) is 14.2 Å². The van der Waals surface area contributed by atoms with Crippen molar-refractivity contribution in [1.29, 1.82) is 5.26 Å². The number of carbonyl (C=O) groups is 2. The lowest BCUT2D eigenvalue weighted by Crippen LogP contribution is -2.39. The van der Waals surface area contributed by atoms with Crippen molar-refractivity contribution in [2.45, 2.75) is 72.3 Å². The van der Waals surface area contributed by atoms with Gasteiger partial charge in [-0.2, -0.15) is 5.26 Å². The summed E-state index contributed by atoms with van der Waals surface area (Å²) in [5.74, 6) is 0. The van der Waals surface area contributed by atoms with Gasteiger partial charge >= 0.3 is 12.2 Å². The Morgan fingerprint density at radius 2 is 1.66 bits per heavy atom. The van der Waals surface area contributed by atoms with Crippen LogP contribution in [0.2, 0.25) is 0 Å². The van der Waals surface area contributed by atoms with Crippen molar-refractivity contribution in [3.8, 4) is 6.07 Å². The van der Waals surface area contributed by atoms with Gasteiger partial charge in [-0.15, -0.1) is 0 Å². The van der Waals surface area contributed by atoms with Gasteiger partial charge in [0.1, 0.15) is 17.3 Å². The SMILES string of the molecule is C[C@H](COCc1ccc(C#N)c(NC(=O)OC(C)(C)C)c1)NC(=O)OC(C)(C)C. The first kappa shape index (κ1) is 24.2. The third-order valence-corrected chi connectivity index (χ3v) is 3.24. The van der Waals surface area contributed by atoms with Crippen molar-refractivity contribution in [2.75, 3.05) is 11.9 Å². The highest BCUT2D eigenvalue weighted by atomic mass is 16.6. The Balaban J connectivity index is 2.62. The zero-order valence-corrected chi connectivity index (χ0v) is 18.2. The Labute approximate surface area is 172 Å². The van der Waals surface area contributed by atoms with Crippen LogP contribution in [-0.4, -0.2) is 36.0 Å². The van der Waals surface area contributed by atoms with Crippen LogP contribution in [-0.2, 0) is 20.8 Å². The number of ether oxygens (including phenoxy) is 3. The molecule has 1 aromatic rings. The number of alkyl carbamates (subject to hydrolysis) is 1. The molecule has 0 heterocycles. The van der Waals surface area contributed by atoms with Crippen molar-refractivity contribution in [3.63, 3.8) is 0 Å². The van der Waals surface area contributed by atoms with Crippen LogP contribution in [0, 0.1) is 11.3 Å². The van der Waals surface area contributed by atoms with E-state index < -0.39 is 23.4 Å². The molecular weight excluding hydrogens is 374 g/mol. The standard InChI is InChI=1S/C21H31N3O5/c1-14(23-18(25)28-20(2,3)4)12-27-13-15-8-9-16(11-22)17(10-15)24-19(26)29-21(5,6)7/h8-10,14H,12-13H2,1-7H3,(H,23,25)(H,24,26)/t14-/m1/s1. The molecular formula is C21H31N3O5. The smallest absolute Gasteiger partial charge is 0.412 e. The van der Waals surface area contributed by atoms with Gasteiger partial charge in [-0.25, -0.2) is 9.59 Å². The Hall–Kier alpha value is -2.79. The molecule has 1 rings (SSSR count). The molecule has 0 radical (unpaired) electrons. The lowest BCUT2D eigenvalue weighted by Gasteiger charge is -2.22. The molecule has 8 heteroatoms. The van der Waals surface area contributed by atoms with Gasteiger partial charge in [0.25, 0.3) is 0 Å². The number of benzene rings is 1. The van der Waals surface area contributed by atoms with E-state index in [9.17, 15) is 14.9 Å². The number of anilines is 1. The number of nitrogens with one attached hydrogen (secondary N) is 2. The molecule has 0 spiro atoms. The van der Waals surface area contributed by atoms with E-state index >= 15 is 0 Å². The van der Waals surface area contributed by atoms with Crippen molar-refractivity contribution >= 4 is 17.9 Å². The average Bonchev–Trinajstić information content (AvgIpc) is 2.51. The highest BCUT2D eigenvalue weighted by Gasteiger charge is 2.19. The maximum Gasteiger partial charge on any atom is 0.412 e. The molecule has 0 saturated heterocycles. The number of rotatable bonds is 6. The molecule has 0 bridgehead atoms. The molecule has 2 amide bonds. The molecule has 0 aliphatic rings. The monoisotopic (exact) mass is 405 g/mol. The zero-order valence-electron chi connectivity index (χ0n) is 18.2. The molecule has 0 aliphatic carbocycles. The lowest BCUT2D eigenvalue weighted by atomic mass is 10.1. The van der Waals surface area contributed by atoms with Crippen molar-refractivity contribution < 1.29 is 23.8 Å². The van der Waals surface area contributed by atoms with Crippen LogP contribution in [0.15, 0.2) is 18.2 Å². The molecule has 0 aromatic heterocycles. The number of nitrogens with zero attached hydrogens (tertiary/aromatic N) is 1. The van der Waals surface area contributed by atoms with Crippen LogP contribution in [0.4, 0.5) is 15.3 Å². The highest BCUT2D eigenvalue weighted by Crippen LogP contribution is 2.19. The Morgan fingerprint density at radius 1 is 1.07 bits per heavy atom. The Morgan fingerprint density at radius 3 is 2.21 bits per heavy atom. The van der Waals surface area contributed by atoms with Gasteiger partial charge in [0.15, 0.2) is 0 Å². The maximum absolute atomic E-state index is 12.0. The summed E-state index contributed by atoms with van der Waals surface area (Å²) < 4.78 is 16.0. The Bertz CT molecular complexity index is 757. The second-order valence-corrected chi connectivity index (χ2v) is 8.68. The van der Waals surface area contributed by atoms with Crippen molar-refractivity contribution in [2.24, 2.45) is 0 Å². The normalized spacial score (nSPS) is 12.5. The Kier molecular flexibility index (Phi) is 8.46. The van der Waals surface area contributed by atoms with Gasteiger partial charge in [0, 0.05) is 0 Å². The molecule has 0 fully saturated rings. The molecule has 0 aliphatic heterocycles. The van der Waals surface area contributed by atoms with Crippen LogP contribution in [0.3, 0.4) is 0 Å². The number of hydrogen-bond acceptors (Lipinski definition) is 6. The summed E-state index contributed by atoms with van der Waals surface area (Å²) in [6.45, 7) is 13.0. The highest BCUT2D eigenvalue weighted by molar-refractivity contribution is 5.87. The fourth-order valence-corrected chi connectivity index (χ4v) is 2.20. The minimum atomic E-state index is -0.644. The molecule has 0 saturated carbocycles. The fourth-order valence-electron chi connectivity index (χ4n) is 2.20. The van der Waals surface area contributed by atoms with Gasteiger partial charge in [-0.3, -0.25) is 5.32 Å². The third-order valence-electron chi connectivity index (χ3n) is 3.24. The van der Waals surface area contributed by atoms with E-state index in [0.717, 1.165) is 5.56 Å². The first-order valence-corrected chi connectivity index (χ1v) is 9.39.